The van der Waals surface area contributed by atoms with Gasteiger partial charge in [0.05, 0.1) is 34.8 Å². The number of aromatic nitrogens is 2. The van der Waals surface area contributed by atoms with Crippen LogP contribution in [0.15, 0.2) is 30.5 Å². The molecular weight excluding hydrogens is 448 g/mol. The number of amides is 2. The second-order valence-electron chi connectivity index (χ2n) is 7.53. The van der Waals surface area contributed by atoms with Gasteiger partial charge in [0.2, 0.25) is 10.0 Å². The Labute approximate surface area is 189 Å². The van der Waals surface area contributed by atoms with Crippen molar-refractivity contribution in [2.45, 2.75) is 13.3 Å². The quantitative estimate of drug-likeness (QED) is 0.390. The van der Waals surface area contributed by atoms with E-state index < -0.39 is 27.6 Å². The van der Waals surface area contributed by atoms with Gasteiger partial charge < -0.3 is 21.1 Å². The third-order valence-corrected chi connectivity index (χ3v) is 5.97. The Bertz CT molecular complexity index is 1390. The number of nitrogens with one attached hydrogen (secondary N) is 2. The van der Waals surface area contributed by atoms with Gasteiger partial charge in [-0.3, -0.25) is 14.6 Å². The number of anilines is 2. The summed E-state index contributed by atoms with van der Waals surface area (Å²) in [5.41, 5.74) is 8.80. The first-order valence-corrected chi connectivity index (χ1v) is 11.8. The summed E-state index contributed by atoms with van der Waals surface area (Å²) in [7, 11) is -3.72. The number of pyridine rings is 2. The number of ether oxygens (including phenoxy) is 1. The van der Waals surface area contributed by atoms with Crippen molar-refractivity contribution in [3.05, 3.63) is 53.0 Å². The van der Waals surface area contributed by atoms with Crippen molar-refractivity contribution >= 4 is 44.1 Å². The van der Waals surface area contributed by atoms with Gasteiger partial charge in [-0.2, -0.15) is 0 Å². The molecule has 0 saturated carbocycles. The molecule has 2 aromatic heterocycles. The molecule has 1 aliphatic rings. The van der Waals surface area contributed by atoms with E-state index in [-0.39, 0.29) is 17.8 Å². The zero-order valence-electron chi connectivity index (χ0n) is 17.7. The number of primary amides is 1. The fourth-order valence-electron chi connectivity index (χ4n) is 3.67. The Hall–Kier alpha value is -3.77. The number of hydrogen-bond acceptors (Lipinski definition) is 8. The van der Waals surface area contributed by atoms with Gasteiger partial charge in [0, 0.05) is 35.8 Å². The molecule has 1 aromatic carbocycles. The topological polar surface area (TPSA) is 179 Å². The van der Waals surface area contributed by atoms with Crippen molar-refractivity contribution in [1.29, 1.82) is 0 Å². The number of nitrogens with two attached hydrogens (primary N) is 2. The van der Waals surface area contributed by atoms with Crippen LogP contribution in [0.3, 0.4) is 0 Å². The molecule has 0 radical (unpaired) electrons. The number of fused-ring (bicyclic) bond motifs is 2. The number of hydrogen-bond donors (Lipinski definition) is 4. The number of sulfonamides is 1. The number of rotatable bonds is 7. The number of carbonyl (C=O) groups excluding carboxylic acids is 2. The minimum absolute atomic E-state index is 0.0301. The molecule has 1 aliphatic heterocycles. The molecule has 11 nitrogen and oxygen atoms in total. The first-order valence-electron chi connectivity index (χ1n) is 10.0. The maximum absolute atomic E-state index is 12.6. The Morgan fingerprint density at radius 3 is 2.79 bits per heavy atom. The fourth-order valence-corrected chi connectivity index (χ4v) is 4.05. The van der Waals surface area contributed by atoms with Gasteiger partial charge in [-0.1, -0.05) is 6.07 Å². The van der Waals surface area contributed by atoms with Crippen LogP contribution in [0.25, 0.3) is 10.9 Å². The van der Waals surface area contributed by atoms with E-state index in [1.165, 1.54) is 12.3 Å². The van der Waals surface area contributed by atoms with E-state index in [0.717, 1.165) is 17.0 Å². The molecule has 12 heteroatoms. The summed E-state index contributed by atoms with van der Waals surface area (Å²) in [5, 5.41) is 11.2. The normalized spacial score (nSPS) is 12.8. The van der Waals surface area contributed by atoms with Gasteiger partial charge >= 0.3 is 0 Å². The molecule has 4 rings (SSSR count). The molecule has 0 aliphatic carbocycles. The zero-order valence-corrected chi connectivity index (χ0v) is 18.5. The SMILES string of the molecule is Cc1nc(C(=O)NCCS(N)(=O)=O)cc2c(Nc3cccc4c3CCO4)c(C(N)=O)cnc12. The Morgan fingerprint density at radius 2 is 2.06 bits per heavy atom. The lowest BCUT2D eigenvalue weighted by Gasteiger charge is -2.16. The highest BCUT2D eigenvalue weighted by Crippen LogP contribution is 2.36. The van der Waals surface area contributed by atoms with E-state index in [0.29, 0.717) is 35.3 Å². The molecule has 33 heavy (non-hydrogen) atoms. The van der Waals surface area contributed by atoms with E-state index in [1.807, 2.05) is 18.2 Å². The summed E-state index contributed by atoms with van der Waals surface area (Å²) >= 11 is 0. The number of carbonyl (C=O) groups is 2. The fraction of sp³-hybridized carbons (Fsp3) is 0.238. The maximum atomic E-state index is 12.6. The maximum Gasteiger partial charge on any atom is 0.269 e. The van der Waals surface area contributed by atoms with E-state index in [2.05, 4.69) is 20.6 Å². The highest BCUT2D eigenvalue weighted by Gasteiger charge is 2.21. The summed E-state index contributed by atoms with van der Waals surface area (Å²) in [6, 6.07) is 7.04. The van der Waals surface area contributed by atoms with Crippen molar-refractivity contribution in [1.82, 2.24) is 15.3 Å². The van der Waals surface area contributed by atoms with Gasteiger partial charge in [-0.05, 0) is 25.1 Å². The van der Waals surface area contributed by atoms with Crippen molar-refractivity contribution < 1.29 is 22.7 Å². The molecule has 0 spiro atoms. The molecule has 0 saturated heterocycles. The van der Waals surface area contributed by atoms with E-state index in [4.69, 9.17) is 15.6 Å². The largest absolute Gasteiger partial charge is 0.493 e. The lowest BCUT2D eigenvalue weighted by atomic mass is 10.1. The molecule has 0 unspecified atom stereocenters. The van der Waals surface area contributed by atoms with Crippen molar-refractivity contribution in [3.63, 3.8) is 0 Å². The smallest absolute Gasteiger partial charge is 0.269 e. The number of aryl methyl sites for hydroxylation is 1. The lowest BCUT2D eigenvalue weighted by Crippen LogP contribution is -2.32. The summed E-state index contributed by atoms with van der Waals surface area (Å²) in [6.45, 7) is 2.06. The Morgan fingerprint density at radius 1 is 1.27 bits per heavy atom. The second kappa shape index (κ2) is 8.64. The lowest BCUT2D eigenvalue weighted by molar-refractivity contribution is 0.0950. The van der Waals surface area contributed by atoms with Crippen LogP contribution in [0.5, 0.6) is 5.75 Å². The van der Waals surface area contributed by atoms with Gasteiger partial charge in [0.1, 0.15) is 11.4 Å². The standard InChI is InChI=1S/C21H22N6O5S/c1-11-18-13(9-16(26-11)21(29)24-6-8-33(23,30)31)19(14(10-25-18)20(22)28)27-15-3-2-4-17-12(15)5-7-32-17/h2-4,9-10H,5-8H2,1H3,(H2,22,28)(H,24,29)(H,25,27)(H2,23,30,31). The summed E-state index contributed by atoms with van der Waals surface area (Å²) < 4.78 is 27.9. The first kappa shape index (κ1) is 22.4. The van der Waals surface area contributed by atoms with Crippen molar-refractivity contribution in [2.75, 3.05) is 24.2 Å². The molecule has 0 fully saturated rings. The molecular formula is C21H22N6O5S. The predicted octanol–water partition coefficient (Wildman–Crippen LogP) is 0.734. The van der Waals surface area contributed by atoms with Gasteiger partial charge in [-0.25, -0.2) is 18.5 Å². The average Bonchev–Trinajstić information content (AvgIpc) is 3.22. The highest BCUT2D eigenvalue weighted by atomic mass is 32.2. The van der Waals surface area contributed by atoms with Gasteiger partial charge in [0.15, 0.2) is 0 Å². The van der Waals surface area contributed by atoms with Crippen LogP contribution in [0, 0.1) is 6.92 Å². The average molecular weight is 471 g/mol. The number of primary sulfonamides is 1. The molecule has 172 valence electrons. The number of nitrogens with zero attached hydrogens (tertiary/aromatic N) is 2. The van der Waals surface area contributed by atoms with Crippen LogP contribution in [0.2, 0.25) is 0 Å². The highest BCUT2D eigenvalue weighted by molar-refractivity contribution is 7.89. The first-order chi connectivity index (χ1) is 15.6. The van der Waals surface area contributed by atoms with Gasteiger partial charge in [-0.15, -0.1) is 0 Å². The molecule has 0 bridgehead atoms. The molecule has 6 N–H and O–H groups in total. The van der Waals surface area contributed by atoms with E-state index >= 15 is 0 Å². The van der Waals surface area contributed by atoms with Crippen LogP contribution < -0.4 is 26.2 Å². The van der Waals surface area contributed by atoms with Crippen LogP contribution in [-0.4, -0.2) is 49.1 Å². The van der Waals surface area contributed by atoms with Crippen LogP contribution in [0.4, 0.5) is 11.4 Å². The van der Waals surface area contributed by atoms with Gasteiger partial charge in [0.25, 0.3) is 11.8 Å². The minimum Gasteiger partial charge on any atom is -0.493 e. The van der Waals surface area contributed by atoms with E-state index in [9.17, 15) is 18.0 Å². The Kier molecular flexibility index (Phi) is 5.87. The number of benzene rings is 1. The summed E-state index contributed by atoms with van der Waals surface area (Å²) in [5.74, 6) is -0.934. The summed E-state index contributed by atoms with van der Waals surface area (Å²) in [6.07, 6.45) is 2.07. The van der Waals surface area contributed by atoms with Crippen molar-refractivity contribution in [2.24, 2.45) is 10.9 Å². The predicted molar refractivity (Wildman–Crippen MR) is 122 cm³/mol. The minimum atomic E-state index is -3.72. The molecule has 3 aromatic rings. The molecule has 3 heterocycles. The monoisotopic (exact) mass is 470 g/mol. The molecule has 0 atom stereocenters. The second-order valence-corrected chi connectivity index (χ2v) is 9.26. The summed E-state index contributed by atoms with van der Waals surface area (Å²) in [4.78, 5) is 33.4. The van der Waals surface area contributed by atoms with Crippen LogP contribution in [-0.2, 0) is 16.4 Å². The van der Waals surface area contributed by atoms with E-state index in [1.54, 1.807) is 6.92 Å². The van der Waals surface area contributed by atoms with Crippen LogP contribution in [0.1, 0.15) is 32.1 Å². The molecule has 2 amide bonds. The van der Waals surface area contributed by atoms with Crippen LogP contribution >= 0.6 is 0 Å². The third-order valence-electron chi connectivity index (χ3n) is 5.20. The third kappa shape index (κ3) is 4.71. The Balaban J connectivity index is 1.79. The van der Waals surface area contributed by atoms with Crippen molar-refractivity contribution in [3.8, 4) is 5.75 Å². The zero-order chi connectivity index (χ0) is 23.8.